The highest BCUT2D eigenvalue weighted by atomic mass is 32.2. The van der Waals surface area contributed by atoms with E-state index >= 15 is 0 Å². The molecule has 0 atom stereocenters. The number of hydrogen-bond acceptors (Lipinski definition) is 6. The van der Waals surface area contributed by atoms with Gasteiger partial charge >= 0.3 is 6.18 Å². The average molecular weight is 586 g/mol. The van der Waals surface area contributed by atoms with Gasteiger partial charge in [-0.25, -0.2) is 21.9 Å². The quantitative estimate of drug-likeness (QED) is 0.436. The number of ether oxygens (including phenoxy) is 1. The second kappa shape index (κ2) is 11.0. The van der Waals surface area contributed by atoms with Crippen LogP contribution in [-0.2, 0) is 22.7 Å². The molecule has 2 aromatic carbocycles. The zero-order valence-corrected chi connectivity index (χ0v) is 22.7. The molecular weight excluding hydrogens is 557 g/mol. The first-order chi connectivity index (χ1) is 18.6. The Bertz CT molecular complexity index is 1460. The second-order valence-electron chi connectivity index (χ2n) is 10.6. The molecule has 2 aromatic rings. The summed E-state index contributed by atoms with van der Waals surface area (Å²) in [6, 6.07) is 6.13. The molecule has 1 amide bonds. The second-order valence-corrected chi connectivity index (χ2v) is 12.3. The number of nitrogens with zero attached hydrogens (tertiary/aromatic N) is 2. The fraction of sp³-hybridized carbons (Fsp3) is 0.481. The summed E-state index contributed by atoms with van der Waals surface area (Å²) in [5.41, 5.74) is -1.95. The van der Waals surface area contributed by atoms with Gasteiger partial charge in [0.05, 0.1) is 28.9 Å². The van der Waals surface area contributed by atoms with Crippen LogP contribution in [0.1, 0.15) is 64.2 Å². The number of sulfonamides is 1. The minimum atomic E-state index is -4.60. The van der Waals surface area contributed by atoms with Crippen LogP contribution in [0.2, 0.25) is 0 Å². The van der Waals surface area contributed by atoms with E-state index in [1.807, 2.05) is 0 Å². The lowest BCUT2D eigenvalue weighted by Gasteiger charge is -2.37. The highest BCUT2D eigenvalue weighted by molar-refractivity contribution is 7.89. The first-order valence-corrected chi connectivity index (χ1v) is 14.5. The number of aryl methyl sites for hydroxylation is 1. The Balaban J connectivity index is 1.45. The largest absolute Gasteiger partial charge is 0.492 e. The number of carbonyl (C=O) groups is 1. The molecule has 1 aliphatic carbocycles. The first kappa shape index (κ1) is 29.7. The number of alkyl halides is 3. The third-order valence-corrected chi connectivity index (χ3v) is 7.80. The normalized spacial score (nSPS) is 17.8. The van der Waals surface area contributed by atoms with Crippen molar-refractivity contribution in [1.82, 2.24) is 9.62 Å². The van der Waals surface area contributed by atoms with Gasteiger partial charge in [-0.05, 0) is 67.9 Å². The van der Waals surface area contributed by atoms with E-state index in [9.17, 15) is 40.4 Å². The van der Waals surface area contributed by atoms with Gasteiger partial charge < -0.3 is 4.74 Å². The Morgan fingerprint density at radius 1 is 1.18 bits per heavy atom. The van der Waals surface area contributed by atoms with E-state index in [1.165, 1.54) is 13.0 Å². The van der Waals surface area contributed by atoms with Crippen molar-refractivity contribution in [1.29, 1.82) is 5.26 Å². The monoisotopic (exact) mass is 585 g/mol. The molecule has 7 nitrogen and oxygen atoms in total. The van der Waals surface area contributed by atoms with E-state index < -0.39 is 50.3 Å². The number of carbonyl (C=O) groups excluding carboxylic acids is 1. The minimum Gasteiger partial charge on any atom is -0.492 e. The molecule has 0 bridgehead atoms. The van der Waals surface area contributed by atoms with Crippen LogP contribution in [0.25, 0.3) is 0 Å². The van der Waals surface area contributed by atoms with Crippen LogP contribution in [0.3, 0.4) is 0 Å². The smallest absolute Gasteiger partial charge is 0.416 e. The summed E-state index contributed by atoms with van der Waals surface area (Å²) < 4.78 is 99.5. The Morgan fingerprint density at radius 3 is 2.38 bits per heavy atom. The molecule has 1 N–H and O–H groups in total. The van der Waals surface area contributed by atoms with Gasteiger partial charge in [-0.15, -0.1) is 0 Å². The van der Waals surface area contributed by atoms with Gasteiger partial charge in [0, 0.05) is 31.3 Å². The molecule has 2 aliphatic rings. The van der Waals surface area contributed by atoms with E-state index in [0.29, 0.717) is 31.5 Å². The molecule has 0 radical (unpaired) electrons. The van der Waals surface area contributed by atoms with E-state index in [1.54, 1.807) is 9.62 Å². The molecule has 1 saturated carbocycles. The van der Waals surface area contributed by atoms with E-state index in [0.717, 1.165) is 37.3 Å². The van der Waals surface area contributed by atoms with Crippen LogP contribution in [0.4, 0.5) is 22.0 Å². The number of likely N-dealkylation sites (tertiary alicyclic amines) is 1. The van der Waals surface area contributed by atoms with Gasteiger partial charge in [0.2, 0.25) is 10.0 Å². The van der Waals surface area contributed by atoms with Gasteiger partial charge in [0.1, 0.15) is 24.0 Å². The summed E-state index contributed by atoms with van der Waals surface area (Å²) in [6.45, 7) is 1.75. The minimum absolute atomic E-state index is 0.00563. The van der Waals surface area contributed by atoms with Crippen molar-refractivity contribution < 1.29 is 39.9 Å². The Kier molecular flexibility index (Phi) is 8.15. The zero-order valence-electron chi connectivity index (χ0n) is 21.9. The van der Waals surface area contributed by atoms with Crippen LogP contribution in [0, 0.1) is 35.3 Å². The highest BCUT2D eigenvalue weighted by Gasteiger charge is 2.38. The van der Waals surface area contributed by atoms with Crippen molar-refractivity contribution >= 4 is 15.9 Å². The van der Waals surface area contributed by atoms with Gasteiger partial charge in [-0.1, -0.05) is 0 Å². The van der Waals surface area contributed by atoms with E-state index in [2.05, 4.69) is 6.07 Å². The van der Waals surface area contributed by atoms with Crippen LogP contribution in [0.5, 0.6) is 5.75 Å². The summed E-state index contributed by atoms with van der Waals surface area (Å²) in [4.78, 5) is 14.0. The fourth-order valence-corrected chi connectivity index (χ4v) is 5.26. The molecule has 13 heteroatoms. The topological polar surface area (TPSA) is 99.5 Å². The lowest BCUT2D eigenvalue weighted by molar-refractivity contribution is -0.137. The number of piperidine rings is 1. The average Bonchev–Trinajstić information content (AvgIpc) is 3.70. The van der Waals surface area contributed by atoms with Crippen LogP contribution >= 0.6 is 0 Å². The maximum Gasteiger partial charge on any atom is 0.416 e. The number of nitriles is 1. The molecule has 0 aromatic heterocycles. The number of rotatable bonds is 8. The van der Waals surface area contributed by atoms with Crippen LogP contribution in [0.15, 0.2) is 24.3 Å². The van der Waals surface area contributed by atoms with Crippen molar-refractivity contribution in [3.05, 3.63) is 63.7 Å². The van der Waals surface area contributed by atoms with Crippen LogP contribution in [-0.4, -0.2) is 45.2 Å². The lowest BCUT2D eigenvalue weighted by atomic mass is 9.80. The van der Waals surface area contributed by atoms with E-state index in [-0.39, 0.29) is 35.9 Å². The van der Waals surface area contributed by atoms with Gasteiger partial charge in [-0.2, -0.15) is 18.4 Å². The fourth-order valence-electron chi connectivity index (χ4n) is 4.81. The SMILES string of the molecule is Cc1cc(C(F)(F)F)cc(CN2CCC(C#N)(COc3cc(F)c(C(=O)NS(C)(=O)=O)cc3C3CC3)CC2)c1F. The molecule has 0 unspecified atom stereocenters. The number of benzene rings is 2. The Morgan fingerprint density at radius 2 is 1.82 bits per heavy atom. The number of amides is 1. The summed E-state index contributed by atoms with van der Waals surface area (Å²) in [6.07, 6.45) is -1.68. The van der Waals surface area contributed by atoms with Gasteiger partial charge in [0.25, 0.3) is 5.91 Å². The number of hydrogen-bond donors (Lipinski definition) is 1. The molecular formula is C27H28F5N3O4S. The molecule has 216 valence electrons. The molecule has 2 fully saturated rings. The van der Waals surface area contributed by atoms with Crippen molar-refractivity contribution in [2.45, 2.75) is 51.2 Å². The maximum atomic E-state index is 14.8. The summed E-state index contributed by atoms with van der Waals surface area (Å²) in [5.74, 6) is -2.60. The number of halogens is 5. The molecule has 40 heavy (non-hydrogen) atoms. The van der Waals surface area contributed by atoms with Crippen molar-refractivity contribution in [2.75, 3.05) is 26.0 Å². The molecule has 1 aliphatic heterocycles. The summed E-state index contributed by atoms with van der Waals surface area (Å²) in [7, 11) is -3.90. The predicted molar refractivity (Wildman–Crippen MR) is 135 cm³/mol. The van der Waals surface area contributed by atoms with Crippen molar-refractivity contribution in [3.63, 3.8) is 0 Å². The van der Waals surface area contributed by atoms with Crippen molar-refractivity contribution in [2.24, 2.45) is 5.41 Å². The van der Waals surface area contributed by atoms with E-state index in [4.69, 9.17) is 4.74 Å². The summed E-state index contributed by atoms with van der Waals surface area (Å²) in [5, 5.41) is 9.96. The van der Waals surface area contributed by atoms with Gasteiger partial charge in [-0.3, -0.25) is 9.69 Å². The highest BCUT2D eigenvalue weighted by Crippen LogP contribution is 2.46. The standard InChI is InChI=1S/C27H28F5N3O4S/c1-16-9-19(27(30,31)32)10-18(24(16)29)13-35-7-5-26(14-33,6-8-35)15-39-23-12-22(28)21(11-20(23)17-3-4-17)25(36)34-40(2,37)38/h9-12,17H,3-8,13,15H2,1-2H3,(H,34,36). The first-order valence-electron chi connectivity index (χ1n) is 12.6. The predicted octanol–water partition coefficient (Wildman–Crippen LogP) is 5.04. The summed E-state index contributed by atoms with van der Waals surface area (Å²) >= 11 is 0. The third kappa shape index (κ3) is 6.90. The Labute approximate surface area is 229 Å². The third-order valence-electron chi connectivity index (χ3n) is 7.24. The molecule has 1 heterocycles. The number of nitrogens with one attached hydrogen (secondary N) is 1. The molecule has 0 spiro atoms. The molecule has 1 saturated heterocycles. The Hall–Kier alpha value is -3.24. The van der Waals surface area contributed by atoms with Crippen LogP contribution < -0.4 is 9.46 Å². The van der Waals surface area contributed by atoms with Gasteiger partial charge in [0.15, 0.2) is 0 Å². The zero-order chi connectivity index (χ0) is 29.5. The molecule has 4 rings (SSSR count). The maximum absolute atomic E-state index is 14.8. The van der Waals surface area contributed by atoms with Crippen molar-refractivity contribution in [3.8, 4) is 11.8 Å². The lowest BCUT2D eigenvalue weighted by Crippen LogP contribution is -2.42.